The summed E-state index contributed by atoms with van der Waals surface area (Å²) >= 11 is 0. The molecule has 0 aromatic carbocycles. The first-order valence-corrected chi connectivity index (χ1v) is 3.03. The average molecular weight is 142 g/mol. The molecule has 0 amide bonds. The summed E-state index contributed by atoms with van der Waals surface area (Å²) in [5, 5.41) is 16.9. The van der Waals surface area contributed by atoms with Crippen molar-refractivity contribution >= 4 is 5.97 Å². The monoisotopic (exact) mass is 142 g/mol. The third-order valence-corrected chi connectivity index (χ3v) is 1.06. The second-order valence-electron chi connectivity index (χ2n) is 1.97. The molecule has 0 saturated heterocycles. The standard InChI is InChI=1S/C7H10O3/c1-2-6(8)4-3-5-7(9)10/h1,6,8H,3-5H2,(H,9,10). The number of carbonyl (C=O) groups is 1. The number of aliphatic hydroxyl groups excluding tert-OH is 1. The lowest BCUT2D eigenvalue weighted by Crippen LogP contribution is -2.03. The van der Waals surface area contributed by atoms with E-state index in [4.69, 9.17) is 16.6 Å². The minimum absolute atomic E-state index is 0.0682. The smallest absolute Gasteiger partial charge is 0.303 e. The Morgan fingerprint density at radius 3 is 2.70 bits per heavy atom. The zero-order valence-electron chi connectivity index (χ0n) is 5.58. The number of hydrogen-bond acceptors (Lipinski definition) is 2. The number of terminal acetylenes is 1. The minimum Gasteiger partial charge on any atom is -0.481 e. The average Bonchev–Trinajstić information content (AvgIpc) is 1.87. The molecule has 56 valence electrons. The molecule has 0 heterocycles. The topological polar surface area (TPSA) is 57.5 Å². The molecular weight excluding hydrogens is 132 g/mol. The third kappa shape index (κ3) is 5.13. The highest BCUT2D eigenvalue weighted by atomic mass is 16.4. The number of aliphatic hydroxyl groups is 1. The van der Waals surface area contributed by atoms with Crippen LogP contribution < -0.4 is 0 Å². The van der Waals surface area contributed by atoms with Crippen LogP contribution in [0.4, 0.5) is 0 Å². The van der Waals surface area contributed by atoms with Crippen LogP contribution in [0.5, 0.6) is 0 Å². The SMILES string of the molecule is C#CC(O)CCCC(=O)O. The molecule has 0 aromatic rings. The van der Waals surface area contributed by atoms with Crippen LogP contribution in [0.1, 0.15) is 19.3 Å². The Morgan fingerprint density at radius 2 is 2.30 bits per heavy atom. The Kier molecular flexibility index (Phi) is 4.34. The molecule has 1 unspecified atom stereocenters. The van der Waals surface area contributed by atoms with E-state index in [2.05, 4.69) is 5.92 Å². The Morgan fingerprint density at radius 1 is 1.70 bits per heavy atom. The van der Waals surface area contributed by atoms with E-state index in [9.17, 15) is 4.79 Å². The van der Waals surface area contributed by atoms with Crippen molar-refractivity contribution in [1.82, 2.24) is 0 Å². The second kappa shape index (κ2) is 4.83. The van der Waals surface area contributed by atoms with Crippen molar-refractivity contribution in [2.75, 3.05) is 0 Å². The molecule has 0 radical (unpaired) electrons. The van der Waals surface area contributed by atoms with Crippen LogP contribution in [0.2, 0.25) is 0 Å². The van der Waals surface area contributed by atoms with Crippen LogP contribution in [-0.2, 0) is 4.79 Å². The van der Waals surface area contributed by atoms with Gasteiger partial charge in [0.2, 0.25) is 0 Å². The van der Waals surface area contributed by atoms with E-state index in [0.717, 1.165) is 0 Å². The first-order valence-electron chi connectivity index (χ1n) is 3.03. The van der Waals surface area contributed by atoms with Gasteiger partial charge in [-0.25, -0.2) is 0 Å². The Balaban J connectivity index is 3.22. The zero-order chi connectivity index (χ0) is 7.98. The summed E-state index contributed by atoms with van der Waals surface area (Å²) in [5.74, 6) is 1.24. The lowest BCUT2D eigenvalue weighted by Gasteiger charge is -1.98. The van der Waals surface area contributed by atoms with E-state index < -0.39 is 12.1 Å². The number of rotatable bonds is 4. The summed E-state index contributed by atoms with van der Waals surface area (Å²) in [6.45, 7) is 0. The highest BCUT2D eigenvalue weighted by Crippen LogP contribution is 1.98. The summed E-state index contributed by atoms with van der Waals surface area (Å²) in [5.41, 5.74) is 0. The maximum absolute atomic E-state index is 9.94. The van der Waals surface area contributed by atoms with Crippen molar-refractivity contribution in [3.8, 4) is 12.3 Å². The van der Waals surface area contributed by atoms with E-state index in [0.29, 0.717) is 12.8 Å². The molecule has 3 heteroatoms. The van der Waals surface area contributed by atoms with E-state index in [1.807, 2.05) is 0 Å². The summed E-state index contributed by atoms with van der Waals surface area (Å²) in [6.07, 6.45) is 4.91. The second-order valence-corrected chi connectivity index (χ2v) is 1.97. The van der Waals surface area contributed by atoms with Crippen LogP contribution >= 0.6 is 0 Å². The van der Waals surface area contributed by atoms with Gasteiger partial charge in [0.25, 0.3) is 0 Å². The van der Waals surface area contributed by atoms with Crippen molar-refractivity contribution in [2.45, 2.75) is 25.4 Å². The molecule has 3 nitrogen and oxygen atoms in total. The van der Waals surface area contributed by atoms with Crippen LogP contribution in [0.25, 0.3) is 0 Å². The van der Waals surface area contributed by atoms with Crippen molar-refractivity contribution in [2.24, 2.45) is 0 Å². The van der Waals surface area contributed by atoms with Gasteiger partial charge in [-0.2, -0.15) is 0 Å². The van der Waals surface area contributed by atoms with Gasteiger partial charge in [0.15, 0.2) is 0 Å². The van der Waals surface area contributed by atoms with Gasteiger partial charge in [-0.1, -0.05) is 5.92 Å². The fourth-order valence-corrected chi connectivity index (χ4v) is 0.530. The van der Waals surface area contributed by atoms with Crippen molar-refractivity contribution in [3.63, 3.8) is 0 Å². The molecule has 0 rings (SSSR count). The molecule has 0 spiro atoms. The number of carboxylic acids is 1. The van der Waals surface area contributed by atoms with Crippen LogP contribution in [0, 0.1) is 12.3 Å². The maximum Gasteiger partial charge on any atom is 0.303 e. The number of hydrogen-bond donors (Lipinski definition) is 2. The van der Waals surface area contributed by atoms with Gasteiger partial charge in [0.1, 0.15) is 6.10 Å². The lowest BCUT2D eigenvalue weighted by atomic mass is 10.2. The van der Waals surface area contributed by atoms with Crippen LogP contribution in [-0.4, -0.2) is 22.3 Å². The van der Waals surface area contributed by atoms with E-state index in [1.165, 1.54) is 0 Å². The molecule has 0 fully saturated rings. The van der Waals surface area contributed by atoms with Gasteiger partial charge in [-0.05, 0) is 12.8 Å². The molecule has 10 heavy (non-hydrogen) atoms. The molecular formula is C7H10O3. The lowest BCUT2D eigenvalue weighted by molar-refractivity contribution is -0.137. The van der Waals surface area contributed by atoms with Crippen molar-refractivity contribution < 1.29 is 15.0 Å². The summed E-state index contributed by atoms with van der Waals surface area (Å²) < 4.78 is 0. The fourth-order valence-electron chi connectivity index (χ4n) is 0.530. The summed E-state index contributed by atoms with van der Waals surface area (Å²) in [7, 11) is 0. The predicted octanol–water partition coefficient (Wildman–Crippen LogP) is 0.235. The van der Waals surface area contributed by atoms with Gasteiger partial charge in [0.05, 0.1) is 0 Å². The quantitative estimate of drug-likeness (QED) is 0.552. The Hall–Kier alpha value is -1.01. The van der Waals surface area contributed by atoms with Crippen molar-refractivity contribution in [1.29, 1.82) is 0 Å². The zero-order valence-corrected chi connectivity index (χ0v) is 5.58. The fraction of sp³-hybridized carbons (Fsp3) is 0.571. The van der Waals surface area contributed by atoms with Gasteiger partial charge in [-0.15, -0.1) is 6.42 Å². The molecule has 0 aromatic heterocycles. The Labute approximate surface area is 59.7 Å². The molecule has 2 N–H and O–H groups in total. The highest BCUT2D eigenvalue weighted by Gasteiger charge is 2.00. The molecule has 0 saturated carbocycles. The van der Waals surface area contributed by atoms with Crippen LogP contribution in [0.15, 0.2) is 0 Å². The Bertz CT molecular complexity index is 145. The molecule has 0 aliphatic carbocycles. The van der Waals surface area contributed by atoms with E-state index in [1.54, 1.807) is 0 Å². The van der Waals surface area contributed by atoms with E-state index >= 15 is 0 Å². The molecule has 1 atom stereocenters. The molecule has 0 bridgehead atoms. The number of carboxylic acid groups (broad SMARTS) is 1. The highest BCUT2D eigenvalue weighted by molar-refractivity contribution is 5.66. The third-order valence-electron chi connectivity index (χ3n) is 1.06. The van der Waals surface area contributed by atoms with Gasteiger partial charge in [-0.3, -0.25) is 4.79 Å². The summed E-state index contributed by atoms with van der Waals surface area (Å²) in [4.78, 5) is 9.94. The normalized spacial score (nSPS) is 12.0. The maximum atomic E-state index is 9.94. The predicted molar refractivity (Wildman–Crippen MR) is 36.3 cm³/mol. The van der Waals surface area contributed by atoms with Gasteiger partial charge < -0.3 is 10.2 Å². The number of aliphatic carboxylic acids is 1. The largest absolute Gasteiger partial charge is 0.481 e. The molecule has 0 aliphatic heterocycles. The van der Waals surface area contributed by atoms with E-state index in [-0.39, 0.29) is 6.42 Å². The first-order chi connectivity index (χ1) is 4.66. The van der Waals surface area contributed by atoms with Gasteiger partial charge in [0, 0.05) is 6.42 Å². The summed E-state index contributed by atoms with van der Waals surface area (Å²) in [6, 6.07) is 0. The molecule has 0 aliphatic rings. The van der Waals surface area contributed by atoms with Gasteiger partial charge >= 0.3 is 5.97 Å². The first kappa shape index (κ1) is 8.99. The van der Waals surface area contributed by atoms with Crippen LogP contribution in [0.3, 0.4) is 0 Å². The minimum atomic E-state index is -0.857. The van der Waals surface area contributed by atoms with Crippen molar-refractivity contribution in [3.05, 3.63) is 0 Å².